The quantitative estimate of drug-likeness (QED) is 0.432. The molecule has 0 saturated heterocycles. The van der Waals surface area contributed by atoms with Crippen molar-refractivity contribution < 1.29 is 19.0 Å². The molecule has 9 heteroatoms. The maximum absolute atomic E-state index is 12.0. The van der Waals surface area contributed by atoms with Gasteiger partial charge < -0.3 is 19.5 Å². The van der Waals surface area contributed by atoms with Crippen LogP contribution in [0.3, 0.4) is 0 Å². The van der Waals surface area contributed by atoms with E-state index in [-0.39, 0.29) is 0 Å². The average molecular weight is 487 g/mol. The summed E-state index contributed by atoms with van der Waals surface area (Å²) in [7, 11) is 1.59. The van der Waals surface area contributed by atoms with E-state index in [1.165, 1.54) is 0 Å². The van der Waals surface area contributed by atoms with Crippen LogP contribution in [0.2, 0.25) is 0 Å². The van der Waals surface area contributed by atoms with Crippen molar-refractivity contribution in [1.29, 1.82) is 0 Å². The maximum Gasteiger partial charge on any atom is 0.412 e. The van der Waals surface area contributed by atoms with E-state index in [9.17, 15) is 4.79 Å². The summed E-state index contributed by atoms with van der Waals surface area (Å²) >= 11 is 3.40. The molecule has 0 fully saturated rings. The zero-order valence-corrected chi connectivity index (χ0v) is 19.2. The highest BCUT2D eigenvalue weighted by atomic mass is 79.9. The molecule has 0 aliphatic rings. The van der Waals surface area contributed by atoms with E-state index in [4.69, 9.17) is 14.2 Å². The van der Waals surface area contributed by atoms with Crippen LogP contribution in [0.4, 0.5) is 22.1 Å². The summed E-state index contributed by atoms with van der Waals surface area (Å²) in [6.07, 6.45) is 1.04. The first-order chi connectivity index (χ1) is 14.7. The summed E-state index contributed by atoms with van der Waals surface area (Å²) in [5.41, 5.74) is 0.667. The number of amides is 1. The molecule has 0 radical (unpaired) electrons. The standard InChI is InChI=1S/C22H23BrN4O4/c1-22(2,3)31-21(28)25-14-8-7-9-15(12-14)30-19-16(23)13-24-20(27-19)26-17-10-5-6-11-18(17)29-4/h5-13H,1-4H3,(H,25,28)(H,24,26,27). The normalized spacial score (nSPS) is 10.9. The molecule has 0 atom stereocenters. The van der Waals surface area contributed by atoms with Crippen LogP contribution in [0, 0.1) is 0 Å². The van der Waals surface area contributed by atoms with E-state index >= 15 is 0 Å². The van der Waals surface area contributed by atoms with Gasteiger partial charge in [0.25, 0.3) is 0 Å². The van der Waals surface area contributed by atoms with Gasteiger partial charge in [0.15, 0.2) is 0 Å². The average Bonchev–Trinajstić information content (AvgIpc) is 2.70. The lowest BCUT2D eigenvalue weighted by Crippen LogP contribution is -2.27. The summed E-state index contributed by atoms with van der Waals surface area (Å²) in [5.74, 6) is 1.79. The van der Waals surface area contributed by atoms with Crippen molar-refractivity contribution in [1.82, 2.24) is 9.97 Å². The fraction of sp³-hybridized carbons (Fsp3) is 0.227. The summed E-state index contributed by atoms with van der Waals surface area (Å²) in [6.45, 7) is 5.40. The fourth-order valence-electron chi connectivity index (χ4n) is 2.52. The van der Waals surface area contributed by atoms with E-state index in [1.807, 2.05) is 24.3 Å². The number of hydrogen-bond donors (Lipinski definition) is 2. The molecular weight excluding hydrogens is 464 g/mol. The SMILES string of the molecule is COc1ccccc1Nc1ncc(Br)c(Oc2cccc(NC(=O)OC(C)(C)C)c2)n1. The number of rotatable bonds is 6. The van der Waals surface area contributed by atoms with Crippen molar-refractivity contribution in [3.05, 3.63) is 59.2 Å². The van der Waals surface area contributed by atoms with Gasteiger partial charge in [-0.15, -0.1) is 0 Å². The second kappa shape index (κ2) is 9.65. The number of methoxy groups -OCH3 is 1. The lowest BCUT2D eigenvalue weighted by Gasteiger charge is -2.19. The minimum atomic E-state index is -0.588. The number of nitrogens with one attached hydrogen (secondary N) is 2. The first-order valence-corrected chi connectivity index (χ1v) is 10.2. The van der Waals surface area contributed by atoms with Gasteiger partial charge in [-0.3, -0.25) is 5.32 Å². The van der Waals surface area contributed by atoms with Crippen LogP contribution in [-0.4, -0.2) is 28.8 Å². The predicted octanol–water partition coefficient (Wildman–Crippen LogP) is 6.13. The zero-order chi connectivity index (χ0) is 22.4. The van der Waals surface area contributed by atoms with Gasteiger partial charge in [0.2, 0.25) is 11.8 Å². The van der Waals surface area contributed by atoms with E-state index in [1.54, 1.807) is 58.3 Å². The van der Waals surface area contributed by atoms with Crippen molar-refractivity contribution in [3.63, 3.8) is 0 Å². The minimum absolute atomic E-state index is 0.307. The molecule has 0 aliphatic carbocycles. The molecule has 1 amide bonds. The largest absolute Gasteiger partial charge is 0.495 e. The molecule has 0 unspecified atom stereocenters. The minimum Gasteiger partial charge on any atom is -0.495 e. The third-order valence-corrected chi connectivity index (χ3v) is 4.30. The van der Waals surface area contributed by atoms with E-state index in [2.05, 4.69) is 36.5 Å². The summed E-state index contributed by atoms with van der Waals surface area (Å²) in [4.78, 5) is 20.7. The van der Waals surface area contributed by atoms with Crippen molar-refractivity contribution >= 4 is 39.3 Å². The van der Waals surface area contributed by atoms with E-state index < -0.39 is 11.7 Å². The number of aromatic nitrogens is 2. The van der Waals surface area contributed by atoms with Gasteiger partial charge in [-0.25, -0.2) is 9.78 Å². The maximum atomic E-state index is 12.0. The predicted molar refractivity (Wildman–Crippen MR) is 122 cm³/mol. The Morgan fingerprint density at radius 1 is 1.10 bits per heavy atom. The number of halogens is 1. The highest BCUT2D eigenvalue weighted by Gasteiger charge is 2.16. The topological polar surface area (TPSA) is 94.6 Å². The molecule has 2 aromatic carbocycles. The first kappa shape index (κ1) is 22.4. The molecule has 3 aromatic rings. The third-order valence-electron chi connectivity index (χ3n) is 3.76. The Labute approximate surface area is 189 Å². The molecular formula is C22H23BrN4O4. The van der Waals surface area contributed by atoms with Gasteiger partial charge in [-0.1, -0.05) is 18.2 Å². The molecule has 0 spiro atoms. The molecule has 0 aliphatic heterocycles. The lowest BCUT2D eigenvalue weighted by molar-refractivity contribution is 0.0636. The van der Waals surface area contributed by atoms with E-state index in [0.29, 0.717) is 33.5 Å². The van der Waals surface area contributed by atoms with Gasteiger partial charge >= 0.3 is 6.09 Å². The molecule has 2 N–H and O–H groups in total. The van der Waals surface area contributed by atoms with Crippen LogP contribution in [0.1, 0.15) is 20.8 Å². The van der Waals surface area contributed by atoms with Crippen molar-refractivity contribution in [2.75, 3.05) is 17.7 Å². The molecule has 162 valence electrons. The molecule has 8 nitrogen and oxygen atoms in total. The summed E-state index contributed by atoms with van der Waals surface area (Å²) < 4.78 is 17.1. The second-order valence-electron chi connectivity index (χ2n) is 7.43. The third kappa shape index (κ3) is 6.58. The summed E-state index contributed by atoms with van der Waals surface area (Å²) in [5, 5.41) is 5.80. The first-order valence-electron chi connectivity index (χ1n) is 9.44. The van der Waals surface area contributed by atoms with Crippen molar-refractivity contribution in [2.45, 2.75) is 26.4 Å². The molecule has 0 saturated carbocycles. The molecule has 1 heterocycles. The van der Waals surface area contributed by atoms with Crippen LogP contribution in [0.5, 0.6) is 17.4 Å². The smallest absolute Gasteiger partial charge is 0.412 e. The van der Waals surface area contributed by atoms with Gasteiger partial charge in [0.05, 0.1) is 23.5 Å². The van der Waals surface area contributed by atoms with E-state index in [0.717, 1.165) is 5.69 Å². The van der Waals surface area contributed by atoms with Gasteiger partial charge in [-0.2, -0.15) is 4.98 Å². The van der Waals surface area contributed by atoms with Crippen LogP contribution in [-0.2, 0) is 4.74 Å². The molecule has 0 bridgehead atoms. The van der Waals surface area contributed by atoms with Gasteiger partial charge in [0.1, 0.15) is 17.1 Å². The zero-order valence-electron chi connectivity index (χ0n) is 17.6. The number of para-hydroxylation sites is 2. The van der Waals surface area contributed by atoms with Gasteiger partial charge in [0, 0.05) is 11.8 Å². The fourth-order valence-corrected chi connectivity index (χ4v) is 2.79. The van der Waals surface area contributed by atoms with Crippen LogP contribution in [0.15, 0.2) is 59.2 Å². The molecule has 1 aromatic heterocycles. The summed E-state index contributed by atoms with van der Waals surface area (Å²) in [6, 6.07) is 14.4. The lowest BCUT2D eigenvalue weighted by atomic mass is 10.2. The molecule has 3 rings (SSSR count). The van der Waals surface area contributed by atoms with Gasteiger partial charge in [-0.05, 0) is 61.0 Å². The van der Waals surface area contributed by atoms with Crippen LogP contribution in [0.25, 0.3) is 0 Å². The van der Waals surface area contributed by atoms with Crippen LogP contribution >= 0.6 is 15.9 Å². The number of carbonyl (C=O) groups excluding carboxylic acids is 1. The Morgan fingerprint density at radius 2 is 1.87 bits per heavy atom. The Bertz CT molecular complexity index is 1070. The number of anilines is 3. The number of ether oxygens (including phenoxy) is 3. The van der Waals surface area contributed by atoms with Crippen molar-refractivity contribution in [2.24, 2.45) is 0 Å². The monoisotopic (exact) mass is 486 g/mol. The Balaban J connectivity index is 1.75. The number of carbonyl (C=O) groups is 1. The van der Waals surface area contributed by atoms with Crippen molar-refractivity contribution in [3.8, 4) is 17.4 Å². The molecule has 31 heavy (non-hydrogen) atoms. The van der Waals surface area contributed by atoms with Crippen LogP contribution < -0.4 is 20.1 Å². The number of hydrogen-bond acceptors (Lipinski definition) is 7. The number of benzene rings is 2. The Hall–Kier alpha value is -3.33. The highest BCUT2D eigenvalue weighted by Crippen LogP contribution is 2.31. The Morgan fingerprint density at radius 3 is 2.61 bits per heavy atom. The Kier molecular flexibility index (Phi) is 6.96. The highest BCUT2D eigenvalue weighted by molar-refractivity contribution is 9.10. The number of nitrogens with zero attached hydrogens (tertiary/aromatic N) is 2. The second-order valence-corrected chi connectivity index (χ2v) is 8.28.